The monoisotopic (exact) mass is 249 g/mol. The Balaban J connectivity index is 1.73. The normalized spacial score (nSPS) is 23.9. The van der Waals surface area contributed by atoms with Crippen molar-refractivity contribution in [1.82, 2.24) is 15.3 Å². The molecule has 2 unspecified atom stereocenters. The molecule has 0 aromatic carbocycles. The molecular formula is C12H19N5O. The fraction of sp³-hybridized carbons (Fsp3) is 0.500. The minimum Gasteiger partial charge on any atom is -0.326 e. The second kappa shape index (κ2) is 5.79. The minimum absolute atomic E-state index is 0.0815. The summed E-state index contributed by atoms with van der Waals surface area (Å²) in [4.78, 5) is 17.8. The summed E-state index contributed by atoms with van der Waals surface area (Å²) in [5.74, 6) is 0.987. The van der Waals surface area contributed by atoms with Crippen molar-refractivity contribution in [2.75, 3.05) is 25.1 Å². The van der Waals surface area contributed by atoms with E-state index in [1.807, 2.05) is 12.1 Å². The van der Waals surface area contributed by atoms with Gasteiger partial charge in [0, 0.05) is 25.3 Å². The van der Waals surface area contributed by atoms with Gasteiger partial charge < -0.3 is 5.73 Å². The molecule has 0 aliphatic carbocycles. The van der Waals surface area contributed by atoms with Crippen molar-refractivity contribution in [3.8, 4) is 0 Å². The van der Waals surface area contributed by atoms with Gasteiger partial charge in [0.2, 0.25) is 0 Å². The Hall–Kier alpha value is -1.66. The number of anilines is 1. The molecule has 4 N–H and O–H groups in total. The van der Waals surface area contributed by atoms with Gasteiger partial charge in [0.15, 0.2) is 0 Å². The van der Waals surface area contributed by atoms with Crippen LogP contribution in [0.3, 0.4) is 0 Å². The highest BCUT2D eigenvalue weighted by Crippen LogP contribution is 2.13. The molecule has 2 rings (SSSR count). The van der Waals surface area contributed by atoms with Gasteiger partial charge in [-0.15, -0.1) is 0 Å². The number of nitrogens with one attached hydrogen (secondary N) is 2. The van der Waals surface area contributed by atoms with Crippen LogP contribution < -0.4 is 16.6 Å². The minimum atomic E-state index is -0.0815. The molecule has 0 bridgehead atoms. The molecule has 1 saturated heterocycles. The quantitative estimate of drug-likeness (QED) is 0.644. The van der Waals surface area contributed by atoms with E-state index in [9.17, 15) is 4.79 Å². The number of nitrogens with two attached hydrogens (primary N) is 1. The molecule has 1 amide bonds. The van der Waals surface area contributed by atoms with Crippen molar-refractivity contribution < 1.29 is 4.79 Å². The van der Waals surface area contributed by atoms with E-state index in [-0.39, 0.29) is 11.9 Å². The van der Waals surface area contributed by atoms with Crippen LogP contribution in [0.1, 0.15) is 6.92 Å². The number of hydrogen-bond acceptors (Lipinski definition) is 5. The van der Waals surface area contributed by atoms with Crippen LogP contribution in [-0.4, -0.2) is 41.5 Å². The van der Waals surface area contributed by atoms with Crippen LogP contribution in [0.5, 0.6) is 0 Å². The van der Waals surface area contributed by atoms with Crippen LogP contribution >= 0.6 is 0 Å². The summed E-state index contributed by atoms with van der Waals surface area (Å²) in [6, 6.07) is 5.62. The molecule has 0 radical (unpaired) electrons. The van der Waals surface area contributed by atoms with E-state index < -0.39 is 0 Å². The maximum atomic E-state index is 11.7. The van der Waals surface area contributed by atoms with E-state index in [4.69, 9.17) is 5.73 Å². The Kier molecular flexibility index (Phi) is 4.11. The predicted molar refractivity (Wildman–Crippen MR) is 69.6 cm³/mol. The van der Waals surface area contributed by atoms with Crippen molar-refractivity contribution >= 4 is 11.7 Å². The third-order valence-electron chi connectivity index (χ3n) is 3.11. The number of hydrogen-bond donors (Lipinski definition) is 3. The van der Waals surface area contributed by atoms with Crippen LogP contribution in [0, 0.1) is 5.92 Å². The Morgan fingerprint density at radius 2 is 2.39 bits per heavy atom. The first-order valence-corrected chi connectivity index (χ1v) is 6.09. The zero-order valence-electron chi connectivity index (χ0n) is 10.5. The van der Waals surface area contributed by atoms with Gasteiger partial charge in [0.1, 0.15) is 5.82 Å². The predicted octanol–water partition coefficient (Wildman–Crippen LogP) is -0.196. The molecule has 6 nitrogen and oxygen atoms in total. The second-order valence-corrected chi connectivity index (χ2v) is 4.72. The van der Waals surface area contributed by atoms with Gasteiger partial charge in [-0.25, -0.2) is 4.98 Å². The zero-order chi connectivity index (χ0) is 13.0. The van der Waals surface area contributed by atoms with Gasteiger partial charge in [-0.05, 0) is 18.1 Å². The van der Waals surface area contributed by atoms with E-state index in [0.717, 1.165) is 13.1 Å². The smallest absolute Gasteiger partial charge is 0.252 e. The van der Waals surface area contributed by atoms with Crippen LogP contribution in [0.15, 0.2) is 24.4 Å². The Labute approximate surface area is 107 Å². The molecule has 1 aliphatic heterocycles. The van der Waals surface area contributed by atoms with Gasteiger partial charge in [0.25, 0.3) is 5.91 Å². The fourth-order valence-electron chi connectivity index (χ4n) is 2.04. The summed E-state index contributed by atoms with van der Waals surface area (Å²) in [6.07, 6.45) is 1.66. The molecule has 6 heteroatoms. The van der Waals surface area contributed by atoms with Crippen molar-refractivity contribution in [2.24, 2.45) is 11.7 Å². The lowest BCUT2D eigenvalue weighted by molar-refractivity contribution is -0.121. The second-order valence-electron chi connectivity index (χ2n) is 4.72. The number of pyridine rings is 1. The van der Waals surface area contributed by atoms with Crippen molar-refractivity contribution in [1.29, 1.82) is 0 Å². The Morgan fingerprint density at radius 1 is 1.56 bits per heavy atom. The van der Waals surface area contributed by atoms with E-state index >= 15 is 0 Å². The zero-order valence-corrected chi connectivity index (χ0v) is 10.5. The van der Waals surface area contributed by atoms with Crippen molar-refractivity contribution in [2.45, 2.75) is 13.0 Å². The summed E-state index contributed by atoms with van der Waals surface area (Å²) in [5, 5.41) is 0. The molecule has 1 aromatic rings. The number of carbonyl (C=O) groups is 1. The Bertz CT molecular complexity index is 387. The number of aromatic nitrogens is 1. The third-order valence-corrected chi connectivity index (χ3v) is 3.11. The lowest BCUT2D eigenvalue weighted by Gasteiger charge is -2.15. The van der Waals surface area contributed by atoms with E-state index in [1.165, 1.54) is 0 Å². The van der Waals surface area contributed by atoms with Gasteiger partial charge in [-0.3, -0.25) is 20.5 Å². The summed E-state index contributed by atoms with van der Waals surface area (Å²) >= 11 is 0. The average Bonchev–Trinajstić information content (AvgIpc) is 2.67. The number of rotatable bonds is 4. The van der Waals surface area contributed by atoms with Crippen LogP contribution in [0.25, 0.3) is 0 Å². The highest BCUT2D eigenvalue weighted by Gasteiger charge is 2.27. The molecule has 18 heavy (non-hydrogen) atoms. The summed E-state index contributed by atoms with van der Waals surface area (Å²) in [5.41, 5.74) is 11.3. The number of hydrazine groups is 1. The maximum Gasteiger partial charge on any atom is 0.252 e. The molecule has 1 aliphatic rings. The first-order chi connectivity index (χ1) is 8.65. The molecule has 1 fully saturated rings. The number of amides is 1. The van der Waals surface area contributed by atoms with Crippen molar-refractivity contribution in [3.63, 3.8) is 0 Å². The van der Waals surface area contributed by atoms with Crippen LogP contribution in [0.4, 0.5) is 5.82 Å². The molecular weight excluding hydrogens is 230 g/mol. The first-order valence-electron chi connectivity index (χ1n) is 6.09. The fourth-order valence-corrected chi connectivity index (χ4v) is 2.04. The Morgan fingerprint density at radius 3 is 3.00 bits per heavy atom. The van der Waals surface area contributed by atoms with E-state index in [1.54, 1.807) is 12.3 Å². The van der Waals surface area contributed by atoms with Crippen LogP contribution in [-0.2, 0) is 4.79 Å². The maximum absolute atomic E-state index is 11.7. The summed E-state index contributed by atoms with van der Waals surface area (Å²) in [6.45, 7) is 4.11. The SMILES string of the molecule is CC1CN(CC(=O)NNc2ccccn2)CC1N. The van der Waals surface area contributed by atoms with Crippen molar-refractivity contribution in [3.05, 3.63) is 24.4 Å². The summed E-state index contributed by atoms with van der Waals surface area (Å²) in [7, 11) is 0. The molecule has 2 atom stereocenters. The molecule has 1 aromatic heterocycles. The molecule has 0 saturated carbocycles. The molecule has 2 heterocycles. The standard InChI is InChI=1S/C12H19N5O/c1-9-6-17(7-10(9)13)8-12(18)16-15-11-4-2-3-5-14-11/h2-5,9-10H,6-8,13H2,1H3,(H,14,15)(H,16,18). The van der Waals surface area contributed by atoms with Gasteiger partial charge in [0.05, 0.1) is 6.54 Å². The van der Waals surface area contributed by atoms with Gasteiger partial charge in [-0.1, -0.05) is 13.0 Å². The molecule has 98 valence electrons. The number of carbonyl (C=O) groups excluding carboxylic acids is 1. The summed E-state index contributed by atoms with van der Waals surface area (Å²) < 4.78 is 0. The highest BCUT2D eigenvalue weighted by molar-refractivity contribution is 5.79. The number of likely N-dealkylation sites (tertiary alicyclic amines) is 1. The van der Waals surface area contributed by atoms with Crippen LogP contribution in [0.2, 0.25) is 0 Å². The van der Waals surface area contributed by atoms with E-state index in [2.05, 4.69) is 27.7 Å². The van der Waals surface area contributed by atoms with Gasteiger partial charge >= 0.3 is 0 Å². The van der Waals surface area contributed by atoms with Gasteiger partial charge in [-0.2, -0.15) is 0 Å². The van der Waals surface area contributed by atoms with E-state index in [0.29, 0.717) is 18.3 Å². The average molecular weight is 249 g/mol. The lowest BCUT2D eigenvalue weighted by Crippen LogP contribution is -2.39. The third kappa shape index (κ3) is 3.41. The topological polar surface area (TPSA) is 83.3 Å². The highest BCUT2D eigenvalue weighted by atomic mass is 16.2. The molecule has 0 spiro atoms. The lowest BCUT2D eigenvalue weighted by atomic mass is 10.1. The number of nitrogens with zero attached hydrogens (tertiary/aromatic N) is 2. The first kappa shape index (κ1) is 12.8. The largest absolute Gasteiger partial charge is 0.326 e.